The Hall–Kier alpha value is -0.580. The number of nitrogens with one attached hydrogen (secondary N) is 1. The molecule has 0 aliphatic carbocycles. The van der Waals surface area contributed by atoms with Crippen molar-refractivity contribution in [1.29, 1.82) is 0 Å². The standard InChI is InChI=1S/C10H13BrN2O.ClH/c1-7(13-10(14)6-12)8-2-4-9(11)5-3-8;/h2-5,7H,6,12H2,1H3,(H,13,14);1H. The fraction of sp³-hybridized carbons (Fsp3) is 0.300. The zero-order chi connectivity index (χ0) is 10.6. The van der Waals surface area contributed by atoms with Crippen molar-refractivity contribution in [3.8, 4) is 0 Å². The highest BCUT2D eigenvalue weighted by Gasteiger charge is 2.07. The van der Waals surface area contributed by atoms with Gasteiger partial charge in [0.05, 0.1) is 12.6 Å². The van der Waals surface area contributed by atoms with Gasteiger partial charge < -0.3 is 11.1 Å². The smallest absolute Gasteiger partial charge is 0.234 e. The monoisotopic (exact) mass is 292 g/mol. The van der Waals surface area contributed by atoms with Gasteiger partial charge in [-0.15, -0.1) is 12.4 Å². The van der Waals surface area contributed by atoms with Gasteiger partial charge in [0.1, 0.15) is 0 Å². The maximum Gasteiger partial charge on any atom is 0.234 e. The van der Waals surface area contributed by atoms with Crippen LogP contribution >= 0.6 is 28.3 Å². The molecule has 3 nitrogen and oxygen atoms in total. The molecule has 0 spiro atoms. The molecule has 0 bridgehead atoms. The van der Waals surface area contributed by atoms with Gasteiger partial charge in [-0.1, -0.05) is 28.1 Å². The van der Waals surface area contributed by atoms with E-state index in [2.05, 4.69) is 21.2 Å². The van der Waals surface area contributed by atoms with E-state index in [0.717, 1.165) is 10.0 Å². The van der Waals surface area contributed by atoms with E-state index in [1.807, 2.05) is 31.2 Å². The van der Waals surface area contributed by atoms with Crippen LogP contribution in [0.3, 0.4) is 0 Å². The van der Waals surface area contributed by atoms with Crippen LogP contribution in [0.5, 0.6) is 0 Å². The van der Waals surface area contributed by atoms with Gasteiger partial charge >= 0.3 is 0 Å². The van der Waals surface area contributed by atoms with Gasteiger partial charge in [0.2, 0.25) is 5.91 Å². The number of hydrogen-bond donors (Lipinski definition) is 2. The van der Waals surface area contributed by atoms with Gasteiger partial charge in [0.25, 0.3) is 0 Å². The SMILES string of the molecule is CC(NC(=O)CN)c1ccc(Br)cc1.Cl. The number of nitrogens with two attached hydrogens (primary N) is 1. The van der Waals surface area contributed by atoms with E-state index in [1.54, 1.807) is 0 Å². The van der Waals surface area contributed by atoms with Crippen molar-refractivity contribution in [2.45, 2.75) is 13.0 Å². The zero-order valence-corrected chi connectivity index (χ0v) is 10.8. The number of benzene rings is 1. The predicted molar refractivity (Wildman–Crippen MR) is 67.0 cm³/mol. The summed E-state index contributed by atoms with van der Waals surface area (Å²) in [7, 11) is 0. The number of carbonyl (C=O) groups excluding carboxylic acids is 1. The summed E-state index contributed by atoms with van der Waals surface area (Å²) < 4.78 is 1.03. The van der Waals surface area contributed by atoms with Crippen LogP contribution in [0.2, 0.25) is 0 Å². The van der Waals surface area contributed by atoms with E-state index in [4.69, 9.17) is 5.73 Å². The minimum atomic E-state index is -0.139. The first-order valence-electron chi connectivity index (χ1n) is 4.38. The third-order valence-electron chi connectivity index (χ3n) is 1.93. The predicted octanol–water partition coefficient (Wildman–Crippen LogP) is 2.01. The quantitative estimate of drug-likeness (QED) is 0.896. The van der Waals surface area contributed by atoms with Crippen LogP contribution in [-0.4, -0.2) is 12.5 Å². The lowest BCUT2D eigenvalue weighted by atomic mass is 10.1. The average molecular weight is 294 g/mol. The van der Waals surface area contributed by atoms with Gasteiger partial charge in [-0.05, 0) is 24.6 Å². The second-order valence-electron chi connectivity index (χ2n) is 3.04. The molecule has 1 unspecified atom stereocenters. The average Bonchev–Trinajstić information content (AvgIpc) is 2.18. The summed E-state index contributed by atoms with van der Waals surface area (Å²) in [5.41, 5.74) is 6.27. The van der Waals surface area contributed by atoms with Crippen LogP contribution in [-0.2, 0) is 4.79 Å². The molecule has 0 saturated heterocycles. The van der Waals surface area contributed by atoms with E-state index in [1.165, 1.54) is 0 Å². The molecule has 1 amide bonds. The Labute approximate surface area is 104 Å². The first kappa shape index (κ1) is 14.4. The van der Waals surface area contributed by atoms with Crippen LogP contribution in [0.1, 0.15) is 18.5 Å². The third kappa shape index (κ3) is 4.64. The lowest BCUT2D eigenvalue weighted by Gasteiger charge is -2.13. The Balaban J connectivity index is 0.00000196. The Morgan fingerprint density at radius 2 is 2.00 bits per heavy atom. The summed E-state index contributed by atoms with van der Waals surface area (Å²) in [6, 6.07) is 7.82. The molecule has 1 rings (SSSR count). The summed E-state index contributed by atoms with van der Waals surface area (Å²) in [5.74, 6) is -0.139. The van der Waals surface area contributed by atoms with Crippen LogP contribution in [0.25, 0.3) is 0 Å². The topological polar surface area (TPSA) is 55.1 Å². The lowest BCUT2D eigenvalue weighted by molar-refractivity contribution is -0.120. The van der Waals surface area contributed by atoms with Crippen molar-refractivity contribution in [3.05, 3.63) is 34.3 Å². The number of amides is 1. The Morgan fingerprint density at radius 3 is 2.47 bits per heavy atom. The van der Waals surface area contributed by atoms with Crippen molar-refractivity contribution in [1.82, 2.24) is 5.32 Å². The van der Waals surface area contributed by atoms with Crippen LogP contribution in [0.15, 0.2) is 28.7 Å². The largest absolute Gasteiger partial charge is 0.348 e. The number of rotatable bonds is 3. The first-order valence-corrected chi connectivity index (χ1v) is 5.17. The minimum Gasteiger partial charge on any atom is -0.348 e. The molecular formula is C10H14BrClN2O. The van der Waals surface area contributed by atoms with Crippen LogP contribution in [0.4, 0.5) is 0 Å². The molecule has 0 aromatic heterocycles. The van der Waals surface area contributed by atoms with Crippen molar-refractivity contribution >= 4 is 34.2 Å². The van der Waals surface area contributed by atoms with Gasteiger partial charge in [0, 0.05) is 4.47 Å². The molecule has 3 N–H and O–H groups in total. The molecule has 0 aliphatic heterocycles. The maximum absolute atomic E-state index is 11.0. The summed E-state index contributed by atoms with van der Waals surface area (Å²) in [5, 5.41) is 2.79. The molecule has 1 aromatic rings. The molecule has 0 aliphatic rings. The van der Waals surface area contributed by atoms with Crippen molar-refractivity contribution < 1.29 is 4.79 Å². The molecular weight excluding hydrogens is 279 g/mol. The lowest BCUT2D eigenvalue weighted by Crippen LogP contribution is -2.32. The third-order valence-corrected chi connectivity index (χ3v) is 2.46. The van der Waals surface area contributed by atoms with E-state index >= 15 is 0 Å². The van der Waals surface area contributed by atoms with E-state index in [-0.39, 0.29) is 30.9 Å². The second-order valence-corrected chi connectivity index (χ2v) is 3.96. The molecule has 0 saturated carbocycles. The molecule has 84 valence electrons. The highest BCUT2D eigenvalue weighted by atomic mass is 79.9. The summed E-state index contributed by atoms with van der Waals surface area (Å²) in [6.07, 6.45) is 0. The van der Waals surface area contributed by atoms with Crippen molar-refractivity contribution in [3.63, 3.8) is 0 Å². The molecule has 1 atom stereocenters. The molecule has 5 heteroatoms. The normalized spacial score (nSPS) is 11.4. The highest BCUT2D eigenvalue weighted by Crippen LogP contribution is 2.16. The van der Waals surface area contributed by atoms with Gasteiger partial charge in [0.15, 0.2) is 0 Å². The van der Waals surface area contributed by atoms with Gasteiger partial charge in [-0.25, -0.2) is 0 Å². The Kier molecular flexibility index (Phi) is 6.56. The summed E-state index contributed by atoms with van der Waals surface area (Å²) in [4.78, 5) is 11.0. The maximum atomic E-state index is 11.0. The Bertz CT molecular complexity index is 316. The van der Waals surface area contributed by atoms with Crippen molar-refractivity contribution in [2.24, 2.45) is 5.73 Å². The van der Waals surface area contributed by atoms with E-state index in [0.29, 0.717) is 0 Å². The first-order chi connectivity index (χ1) is 6.63. The minimum absolute atomic E-state index is 0. The van der Waals surface area contributed by atoms with Gasteiger partial charge in [-0.2, -0.15) is 0 Å². The van der Waals surface area contributed by atoms with Crippen molar-refractivity contribution in [2.75, 3.05) is 6.54 Å². The fourth-order valence-corrected chi connectivity index (χ4v) is 1.40. The Morgan fingerprint density at radius 1 is 1.47 bits per heavy atom. The fourth-order valence-electron chi connectivity index (χ4n) is 1.14. The van der Waals surface area contributed by atoms with Crippen LogP contribution < -0.4 is 11.1 Å². The highest BCUT2D eigenvalue weighted by molar-refractivity contribution is 9.10. The molecule has 0 fully saturated rings. The number of carbonyl (C=O) groups is 1. The summed E-state index contributed by atoms with van der Waals surface area (Å²) in [6.45, 7) is 1.96. The van der Waals surface area contributed by atoms with Gasteiger partial charge in [-0.3, -0.25) is 4.79 Å². The van der Waals surface area contributed by atoms with E-state index in [9.17, 15) is 4.79 Å². The molecule has 15 heavy (non-hydrogen) atoms. The van der Waals surface area contributed by atoms with Crippen LogP contribution in [0, 0.1) is 0 Å². The number of halogens is 2. The number of hydrogen-bond acceptors (Lipinski definition) is 2. The zero-order valence-electron chi connectivity index (χ0n) is 8.37. The second kappa shape index (κ2) is 6.82. The molecule has 0 heterocycles. The van der Waals surface area contributed by atoms with E-state index < -0.39 is 0 Å². The summed E-state index contributed by atoms with van der Waals surface area (Å²) >= 11 is 3.35. The molecule has 1 aromatic carbocycles. The molecule has 0 radical (unpaired) electrons.